The monoisotopic (exact) mass is 443 g/mol. The van der Waals surface area contributed by atoms with Crippen LogP contribution in [0.4, 0.5) is 5.69 Å². The summed E-state index contributed by atoms with van der Waals surface area (Å²) in [5, 5.41) is 15.1. The molecule has 0 unspecified atom stereocenters. The van der Waals surface area contributed by atoms with Crippen LogP contribution >= 0.6 is 23.4 Å². The van der Waals surface area contributed by atoms with Gasteiger partial charge in [0.15, 0.2) is 11.0 Å². The molecule has 3 rings (SSSR count). The van der Waals surface area contributed by atoms with Crippen LogP contribution < -0.4 is 10.6 Å². The first-order chi connectivity index (χ1) is 14.4. The predicted molar refractivity (Wildman–Crippen MR) is 119 cm³/mol. The zero-order valence-corrected chi connectivity index (χ0v) is 18.5. The number of anilines is 1. The number of aromatic nitrogens is 3. The number of nitrogens with one attached hydrogen (secondary N) is 2. The van der Waals surface area contributed by atoms with E-state index in [-0.39, 0.29) is 24.1 Å². The van der Waals surface area contributed by atoms with Gasteiger partial charge in [0.05, 0.1) is 12.3 Å². The number of carbonyl (C=O) groups is 2. The molecule has 2 N–H and O–H groups in total. The van der Waals surface area contributed by atoms with Gasteiger partial charge in [-0.25, -0.2) is 0 Å². The number of amides is 2. The molecule has 0 bridgehead atoms. The minimum Gasteiger partial charge on any atom is -0.345 e. The van der Waals surface area contributed by atoms with Crippen molar-refractivity contribution in [2.75, 3.05) is 11.1 Å². The van der Waals surface area contributed by atoms with Crippen molar-refractivity contribution in [3.05, 3.63) is 70.0 Å². The van der Waals surface area contributed by atoms with Crippen molar-refractivity contribution < 1.29 is 9.59 Å². The Balaban J connectivity index is 1.55. The van der Waals surface area contributed by atoms with Crippen molar-refractivity contribution in [3.8, 4) is 0 Å². The van der Waals surface area contributed by atoms with Gasteiger partial charge in [0.2, 0.25) is 5.91 Å². The molecular weight excluding hydrogens is 422 g/mol. The zero-order valence-electron chi connectivity index (χ0n) is 16.9. The van der Waals surface area contributed by atoms with Crippen molar-refractivity contribution in [2.45, 2.75) is 25.5 Å². The SMILES string of the molecule is Cc1ccccc1C(=O)NCc1nnc(SCC(=O)Nc2cccc(Cl)c2C)n1C. The van der Waals surface area contributed by atoms with Gasteiger partial charge in [-0.1, -0.05) is 47.6 Å². The van der Waals surface area contributed by atoms with Crippen molar-refractivity contribution in [2.24, 2.45) is 7.05 Å². The second-order valence-corrected chi connectivity index (χ2v) is 8.05. The molecule has 0 aliphatic rings. The summed E-state index contributed by atoms with van der Waals surface area (Å²) in [6, 6.07) is 12.8. The molecule has 156 valence electrons. The second-order valence-electron chi connectivity index (χ2n) is 6.70. The molecule has 2 amide bonds. The first kappa shape index (κ1) is 21.9. The van der Waals surface area contributed by atoms with Gasteiger partial charge in [-0.3, -0.25) is 9.59 Å². The summed E-state index contributed by atoms with van der Waals surface area (Å²) >= 11 is 7.36. The highest BCUT2D eigenvalue weighted by Gasteiger charge is 2.14. The van der Waals surface area contributed by atoms with Crippen LogP contribution in [-0.2, 0) is 18.4 Å². The lowest BCUT2D eigenvalue weighted by molar-refractivity contribution is -0.113. The Morgan fingerprint density at radius 2 is 1.87 bits per heavy atom. The van der Waals surface area contributed by atoms with E-state index in [4.69, 9.17) is 11.6 Å². The van der Waals surface area contributed by atoms with E-state index in [2.05, 4.69) is 20.8 Å². The maximum Gasteiger partial charge on any atom is 0.251 e. The topological polar surface area (TPSA) is 88.9 Å². The maximum atomic E-state index is 12.4. The van der Waals surface area contributed by atoms with Crippen molar-refractivity contribution in [1.82, 2.24) is 20.1 Å². The van der Waals surface area contributed by atoms with Crippen LogP contribution in [0, 0.1) is 13.8 Å². The summed E-state index contributed by atoms with van der Waals surface area (Å²) in [5.74, 6) is 0.447. The summed E-state index contributed by atoms with van der Waals surface area (Å²) in [5.41, 5.74) is 3.04. The highest BCUT2D eigenvalue weighted by Crippen LogP contribution is 2.23. The molecule has 0 fully saturated rings. The van der Waals surface area contributed by atoms with Crippen LogP contribution in [0.3, 0.4) is 0 Å². The minimum absolute atomic E-state index is 0.164. The highest BCUT2D eigenvalue weighted by molar-refractivity contribution is 7.99. The van der Waals surface area contributed by atoms with E-state index >= 15 is 0 Å². The number of hydrogen-bond donors (Lipinski definition) is 2. The van der Waals surface area contributed by atoms with E-state index < -0.39 is 0 Å². The van der Waals surface area contributed by atoms with Gasteiger partial charge < -0.3 is 15.2 Å². The molecule has 1 aromatic heterocycles. The molecule has 2 aromatic carbocycles. The predicted octanol–water partition coefficient (Wildman–Crippen LogP) is 3.75. The lowest BCUT2D eigenvalue weighted by Gasteiger charge is -2.09. The molecule has 0 atom stereocenters. The zero-order chi connectivity index (χ0) is 21.7. The number of hydrogen-bond acceptors (Lipinski definition) is 5. The Morgan fingerprint density at radius 1 is 1.10 bits per heavy atom. The third-order valence-electron chi connectivity index (χ3n) is 4.60. The van der Waals surface area contributed by atoms with Gasteiger partial charge in [-0.05, 0) is 43.2 Å². The quantitative estimate of drug-likeness (QED) is 0.543. The summed E-state index contributed by atoms with van der Waals surface area (Å²) in [6.07, 6.45) is 0. The Morgan fingerprint density at radius 3 is 2.63 bits per heavy atom. The van der Waals surface area contributed by atoms with Gasteiger partial charge in [0.25, 0.3) is 5.91 Å². The molecule has 0 aliphatic carbocycles. The fourth-order valence-electron chi connectivity index (χ4n) is 2.77. The van der Waals surface area contributed by atoms with Crippen molar-refractivity contribution in [1.29, 1.82) is 0 Å². The number of rotatable bonds is 7. The summed E-state index contributed by atoms with van der Waals surface area (Å²) in [4.78, 5) is 24.6. The third kappa shape index (κ3) is 5.20. The molecule has 0 saturated heterocycles. The standard InChI is InChI=1S/C21H22ClN5O2S/c1-13-7-4-5-8-15(13)20(29)23-11-18-25-26-21(27(18)3)30-12-19(28)24-17-10-6-9-16(22)14(17)2/h4-10H,11-12H2,1-3H3,(H,23,29)(H,24,28). The number of benzene rings is 2. The van der Waals surface area contributed by atoms with Crippen LogP contribution in [0.5, 0.6) is 0 Å². The molecule has 7 nitrogen and oxygen atoms in total. The minimum atomic E-state index is -0.165. The summed E-state index contributed by atoms with van der Waals surface area (Å²) in [7, 11) is 1.80. The fourth-order valence-corrected chi connectivity index (χ4v) is 3.67. The summed E-state index contributed by atoms with van der Waals surface area (Å²) < 4.78 is 1.76. The molecule has 3 aromatic rings. The number of aryl methyl sites for hydroxylation is 1. The normalized spacial score (nSPS) is 10.7. The number of halogens is 1. The van der Waals surface area contributed by atoms with E-state index in [9.17, 15) is 9.59 Å². The van der Waals surface area contributed by atoms with Crippen LogP contribution in [0.25, 0.3) is 0 Å². The molecule has 1 heterocycles. The van der Waals surface area contributed by atoms with Crippen LogP contribution in [0.15, 0.2) is 47.6 Å². The molecule has 0 radical (unpaired) electrons. The van der Waals surface area contributed by atoms with Crippen LogP contribution in [0.1, 0.15) is 27.3 Å². The van der Waals surface area contributed by atoms with Gasteiger partial charge >= 0.3 is 0 Å². The third-order valence-corrected chi connectivity index (χ3v) is 6.03. The molecule has 30 heavy (non-hydrogen) atoms. The Labute approximate surface area is 184 Å². The van der Waals surface area contributed by atoms with E-state index in [1.165, 1.54) is 11.8 Å². The smallest absolute Gasteiger partial charge is 0.251 e. The molecular formula is C21H22ClN5O2S. The Bertz CT molecular complexity index is 1080. The van der Waals surface area contributed by atoms with Crippen LogP contribution in [0.2, 0.25) is 5.02 Å². The Kier molecular flexibility index (Phi) is 7.12. The summed E-state index contributed by atoms with van der Waals surface area (Å²) in [6.45, 7) is 3.98. The lowest BCUT2D eigenvalue weighted by Crippen LogP contribution is -2.25. The van der Waals surface area contributed by atoms with E-state index in [1.807, 2.05) is 32.0 Å². The highest BCUT2D eigenvalue weighted by atomic mass is 35.5. The Hall–Kier alpha value is -2.84. The van der Waals surface area contributed by atoms with E-state index in [0.29, 0.717) is 27.3 Å². The number of thioether (sulfide) groups is 1. The van der Waals surface area contributed by atoms with Crippen LogP contribution in [-0.4, -0.2) is 32.3 Å². The van der Waals surface area contributed by atoms with E-state index in [1.54, 1.807) is 35.9 Å². The average Bonchev–Trinajstić information content (AvgIpc) is 3.08. The largest absolute Gasteiger partial charge is 0.345 e. The van der Waals surface area contributed by atoms with Gasteiger partial charge in [-0.2, -0.15) is 0 Å². The van der Waals surface area contributed by atoms with Gasteiger partial charge in [-0.15, -0.1) is 10.2 Å². The first-order valence-electron chi connectivity index (χ1n) is 9.26. The molecule has 9 heteroatoms. The van der Waals surface area contributed by atoms with Gasteiger partial charge in [0, 0.05) is 23.3 Å². The number of carbonyl (C=O) groups excluding carboxylic acids is 2. The van der Waals surface area contributed by atoms with Crippen molar-refractivity contribution >= 4 is 40.9 Å². The molecule has 0 spiro atoms. The molecule has 0 saturated carbocycles. The fraction of sp³-hybridized carbons (Fsp3) is 0.238. The lowest BCUT2D eigenvalue weighted by atomic mass is 10.1. The number of nitrogens with zero attached hydrogens (tertiary/aromatic N) is 3. The molecule has 0 aliphatic heterocycles. The second kappa shape index (κ2) is 9.77. The maximum absolute atomic E-state index is 12.4. The first-order valence-corrected chi connectivity index (χ1v) is 10.6. The van der Waals surface area contributed by atoms with Crippen molar-refractivity contribution in [3.63, 3.8) is 0 Å². The van der Waals surface area contributed by atoms with Gasteiger partial charge in [0.1, 0.15) is 0 Å². The average molecular weight is 444 g/mol. The van der Waals surface area contributed by atoms with E-state index in [0.717, 1.165) is 11.1 Å².